The van der Waals surface area contributed by atoms with Gasteiger partial charge in [-0.25, -0.2) is 0 Å². The fourth-order valence-corrected chi connectivity index (χ4v) is 3.90. The molecule has 2 fully saturated rings. The van der Waals surface area contributed by atoms with Crippen molar-refractivity contribution >= 4 is 0 Å². The average molecular weight is 348 g/mol. The number of halogens is 2. The molecule has 0 bridgehead atoms. The van der Waals surface area contributed by atoms with Gasteiger partial charge in [0.05, 0.1) is 13.2 Å². The first-order valence-electron chi connectivity index (χ1n) is 9.11. The third kappa shape index (κ3) is 4.99. The highest BCUT2D eigenvalue weighted by Gasteiger charge is 2.32. The van der Waals surface area contributed by atoms with Crippen LogP contribution in [0.5, 0.6) is 0 Å². The number of rotatable bonds is 5. The van der Waals surface area contributed by atoms with E-state index in [9.17, 15) is 8.78 Å². The molecule has 1 aliphatic carbocycles. The Kier molecular flexibility index (Phi) is 6.38. The minimum Gasteiger partial charge on any atom is -0.352 e. The van der Waals surface area contributed by atoms with Crippen LogP contribution in [0.25, 0.3) is 0 Å². The van der Waals surface area contributed by atoms with Crippen LogP contribution < -0.4 is 0 Å². The Balaban J connectivity index is 1.47. The number of allylic oxidation sites excluding steroid dienone is 1. The van der Waals surface area contributed by atoms with Crippen LogP contribution in [0.2, 0.25) is 0 Å². The van der Waals surface area contributed by atoms with Gasteiger partial charge >= 0.3 is 0 Å². The molecule has 2 nitrogen and oxygen atoms in total. The summed E-state index contributed by atoms with van der Waals surface area (Å²) in [5.41, 5.74) is 2.70. The second-order valence-electron chi connectivity index (χ2n) is 7.10. The van der Waals surface area contributed by atoms with E-state index in [1.165, 1.54) is 11.1 Å². The number of ether oxygens (including phenoxy) is 2. The summed E-state index contributed by atoms with van der Waals surface area (Å²) >= 11 is 0. The van der Waals surface area contributed by atoms with Crippen molar-refractivity contribution in [3.63, 3.8) is 0 Å². The van der Waals surface area contributed by atoms with E-state index in [2.05, 4.69) is 30.8 Å². The molecule has 0 unspecified atom stereocenters. The first-order chi connectivity index (χ1) is 12.2. The van der Waals surface area contributed by atoms with E-state index in [1.54, 1.807) is 0 Å². The van der Waals surface area contributed by atoms with E-state index in [1.807, 2.05) is 6.08 Å². The Bertz CT molecular complexity index is 576. The van der Waals surface area contributed by atoms with Gasteiger partial charge in [-0.2, -0.15) is 8.78 Å². The molecule has 2 aliphatic rings. The molecule has 136 valence electrons. The maximum atomic E-state index is 12.3. The van der Waals surface area contributed by atoms with Crippen molar-refractivity contribution in [2.75, 3.05) is 13.2 Å². The Labute approximate surface area is 148 Å². The predicted octanol–water partition coefficient (Wildman–Crippen LogP) is 5.46. The molecule has 0 radical (unpaired) electrons. The molecule has 1 aromatic rings. The fourth-order valence-electron chi connectivity index (χ4n) is 3.90. The largest absolute Gasteiger partial charge is 0.352 e. The molecule has 0 aromatic heterocycles. The fraction of sp³-hybridized carbons (Fsp3) is 0.524. The van der Waals surface area contributed by atoms with Crippen LogP contribution in [0.15, 0.2) is 49.1 Å². The van der Waals surface area contributed by atoms with Gasteiger partial charge in [0.2, 0.25) is 0 Å². The van der Waals surface area contributed by atoms with Crippen LogP contribution in [-0.2, 0) is 15.9 Å². The minimum absolute atomic E-state index is 0.233. The van der Waals surface area contributed by atoms with E-state index < -0.39 is 6.08 Å². The van der Waals surface area contributed by atoms with Gasteiger partial charge in [-0.15, -0.1) is 6.58 Å². The van der Waals surface area contributed by atoms with E-state index in [4.69, 9.17) is 9.47 Å². The van der Waals surface area contributed by atoms with Crippen molar-refractivity contribution in [2.24, 2.45) is 11.8 Å². The number of benzene rings is 1. The molecule has 1 heterocycles. The van der Waals surface area contributed by atoms with Gasteiger partial charge in [-0.05, 0) is 55.2 Å². The van der Waals surface area contributed by atoms with E-state index in [0.29, 0.717) is 25.0 Å². The van der Waals surface area contributed by atoms with Crippen LogP contribution >= 0.6 is 0 Å². The third-order valence-electron chi connectivity index (χ3n) is 5.30. The Morgan fingerprint density at radius 1 is 1.04 bits per heavy atom. The molecule has 1 aromatic carbocycles. The maximum Gasteiger partial charge on any atom is 0.266 e. The van der Waals surface area contributed by atoms with Gasteiger partial charge in [0.15, 0.2) is 6.29 Å². The summed E-state index contributed by atoms with van der Waals surface area (Å²) in [6.07, 6.45) is 6.23. The molecule has 1 aliphatic heterocycles. The second kappa shape index (κ2) is 8.72. The highest BCUT2D eigenvalue weighted by atomic mass is 19.3. The van der Waals surface area contributed by atoms with Crippen molar-refractivity contribution < 1.29 is 18.3 Å². The summed E-state index contributed by atoms with van der Waals surface area (Å²) in [4.78, 5) is 0. The average Bonchev–Trinajstić information content (AvgIpc) is 2.63. The molecule has 25 heavy (non-hydrogen) atoms. The molecule has 0 amide bonds. The second-order valence-corrected chi connectivity index (χ2v) is 7.10. The zero-order valence-electron chi connectivity index (χ0n) is 14.5. The standard InChI is InChI=1S/C21H26F2O2/c1-2-3-15-4-6-17(7-5-15)18-8-10-19(11-9-18)21-24-13-16(14-25-21)12-20(22)23/h2,4-7,12,16,18-19,21H,1,3,8-11,13-14H2. The molecule has 4 heteroatoms. The molecule has 0 atom stereocenters. The summed E-state index contributed by atoms with van der Waals surface area (Å²) in [5, 5.41) is 0. The third-order valence-corrected chi connectivity index (χ3v) is 5.30. The van der Waals surface area contributed by atoms with Crippen molar-refractivity contribution in [3.8, 4) is 0 Å². The predicted molar refractivity (Wildman–Crippen MR) is 94.5 cm³/mol. The topological polar surface area (TPSA) is 18.5 Å². The van der Waals surface area contributed by atoms with Crippen LogP contribution in [-0.4, -0.2) is 19.5 Å². The maximum absolute atomic E-state index is 12.3. The van der Waals surface area contributed by atoms with Gasteiger partial charge in [0.1, 0.15) is 0 Å². The summed E-state index contributed by atoms with van der Waals surface area (Å²) in [5.74, 6) is 0.636. The Morgan fingerprint density at radius 2 is 1.68 bits per heavy atom. The highest BCUT2D eigenvalue weighted by molar-refractivity contribution is 5.26. The lowest BCUT2D eigenvalue weighted by atomic mass is 9.78. The van der Waals surface area contributed by atoms with E-state index in [-0.39, 0.29) is 12.2 Å². The number of hydrogen-bond donors (Lipinski definition) is 0. The van der Waals surface area contributed by atoms with E-state index in [0.717, 1.165) is 38.2 Å². The lowest BCUT2D eigenvalue weighted by Gasteiger charge is -2.37. The van der Waals surface area contributed by atoms with Crippen molar-refractivity contribution in [1.29, 1.82) is 0 Å². The Hall–Kier alpha value is -1.52. The molecule has 1 saturated heterocycles. The molecule has 3 rings (SSSR count). The molecule has 1 saturated carbocycles. The summed E-state index contributed by atoms with van der Waals surface area (Å²) in [6, 6.07) is 8.85. The van der Waals surface area contributed by atoms with Crippen LogP contribution in [0.4, 0.5) is 8.78 Å². The van der Waals surface area contributed by atoms with Gasteiger partial charge in [-0.1, -0.05) is 30.3 Å². The molecule has 0 spiro atoms. The van der Waals surface area contributed by atoms with E-state index >= 15 is 0 Å². The van der Waals surface area contributed by atoms with Gasteiger partial charge in [-0.3, -0.25) is 0 Å². The van der Waals surface area contributed by atoms with Crippen molar-refractivity contribution in [3.05, 3.63) is 60.2 Å². The van der Waals surface area contributed by atoms with Gasteiger partial charge in [0.25, 0.3) is 6.08 Å². The van der Waals surface area contributed by atoms with Crippen LogP contribution in [0.1, 0.15) is 42.7 Å². The molecule has 0 N–H and O–H groups in total. The quantitative estimate of drug-likeness (QED) is 0.658. The SMILES string of the molecule is C=CCc1ccc(C2CCC(C3OCC(C=C(F)F)CO3)CC2)cc1. The number of hydrogen-bond acceptors (Lipinski definition) is 2. The zero-order valence-corrected chi connectivity index (χ0v) is 14.5. The first kappa shape index (κ1) is 18.3. The smallest absolute Gasteiger partial charge is 0.266 e. The van der Waals surface area contributed by atoms with Gasteiger partial charge in [0, 0.05) is 11.8 Å². The highest BCUT2D eigenvalue weighted by Crippen LogP contribution is 2.39. The van der Waals surface area contributed by atoms with Crippen LogP contribution in [0.3, 0.4) is 0 Å². The summed E-state index contributed by atoms with van der Waals surface area (Å²) in [7, 11) is 0. The van der Waals surface area contributed by atoms with Crippen molar-refractivity contribution in [1.82, 2.24) is 0 Å². The minimum atomic E-state index is -1.66. The molecular formula is C21H26F2O2. The molecular weight excluding hydrogens is 322 g/mol. The monoisotopic (exact) mass is 348 g/mol. The zero-order chi connectivity index (χ0) is 17.6. The first-order valence-corrected chi connectivity index (χ1v) is 9.11. The van der Waals surface area contributed by atoms with Crippen molar-refractivity contribution in [2.45, 2.75) is 44.3 Å². The van der Waals surface area contributed by atoms with Gasteiger partial charge < -0.3 is 9.47 Å². The Morgan fingerprint density at radius 3 is 2.24 bits per heavy atom. The summed E-state index contributed by atoms with van der Waals surface area (Å²) in [6.45, 7) is 4.43. The van der Waals surface area contributed by atoms with Crippen LogP contribution in [0, 0.1) is 11.8 Å². The summed E-state index contributed by atoms with van der Waals surface area (Å²) < 4.78 is 36.0. The normalized spacial score (nSPS) is 29.8. The lowest BCUT2D eigenvalue weighted by molar-refractivity contribution is -0.222. The lowest BCUT2D eigenvalue weighted by Crippen LogP contribution is -2.37.